The zero-order valence-corrected chi connectivity index (χ0v) is 9.74. The number of aryl methyl sites for hydroxylation is 1. The molecular formula is C14H18O2. The highest BCUT2D eigenvalue weighted by molar-refractivity contribution is 5.50. The summed E-state index contributed by atoms with van der Waals surface area (Å²) in [6, 6.07) is 8.64. The number of ether oxygens (including phenoxy) is 1. The minimum Gasteiger partial charge on any atom is -0.384 e. The van der Waals surface area contributed by atoms with Gasteiger partial charge in [0.2, 0.25) is 0 Å². The Labute approximate surface area is 96.6 Å². The van der Waals surface area contributed by atoms with E-state index >= 15 is 0 Å². The minimum atomic E-state index is 0.290. The summed E-state index contributed by atoms with van der Waals surface area (Å²) in [6.45, 7) is 0.820. The van der Waals surface area contributed by atoms with Crippen LogP contribution in [0.5, 0.6) is 0 Å². The first kappa shape index (κ1) is 11.3. The Morgan fingerprint density at radius 2 is 2.00 bits per heavy atom. The summed E-state index contributed by atoms with van der Waals surface area (Å²) in [4.78, 5) is 10.3. The Kier molecular flexibility index (Phi) is 3.39. The van der Waals surface area contributed by atoms with E-state index in [1.54, 1.807) is 7.11 Å². The molecule has 1 aliphatic rings. The summed E-state index contributed by atoms with van der Waals surface area (Å²) in [6.07, 6.45) is 4.90. The van der Waals surface area contributed by atoms with Gasteiger partial charge in [-0.05, 0) is 30.4 Å². The van der Waals surface area contributed by atoms with Crippen LogP contribution in [-0.2, 0) is 21.4 Å². The summed E-state index contributed by atoms with van der Waals surface area (Å²) in [5, 5.41) is 0. The third-order valence-electron chi connectivity index (χ3n) is 3.39. The lowest BCUT2D eigenvalue weighted by Crippen LogP contribution is -2.13. The molecule has 0 aromatic heterocycles. The van der Waals surface area contributed by atoms with Crippen molar-refractivity contribution in [1.29, 1.82) is 0 Å². The topological polar surface area (TPSA) is 26.3 Å². The Bertz CT molecular complexity index is 350. The molecule has 0 heterocycles. The van der Waals surface area contributed by atoms with Crippen LogP contribution >= 0.6 is 0 Å². The fraction of sp³-hybridized carbons (Fsp3) is 0.500. The third-order valence-corrected chi connectivity index (χ3v) is 3.39. The predicted molar refractivity (Wildman–Crippen MR) is 63.6 cm³/mol. The van der Waals surface area contributed by atoms with Crippen molar-refractivity contribution in [2.45, 2.75) is 31.1 Å². The molecule has 0 N–H and O–H groups in total. The lowest BCUT2D eigenvalue weighted by molar-refractivity contribution is -0.107. The van der Waals surface area contributed by atoms with Crippen molar-refractivity contribution in [3.05, 3.63) is 35.4 Å². The lowest BCUT2D eigenvalue weighted by Gasteiger charge is -2.14. The number of hydrogen-bond donors (Lipinski definition) is 0. The normalized spacial score (nSPS) is 17.1. The molecule has 0 saturated heterocycles. The van der Waals surface area contributed by atoms with Gasteiger partial charge in [0, 0.05) is 18.9 Å². The van der Waals surface area contributed by atoms with E-state index in [9.17, 15) is 4.79 Å². The zero-order valence-electron chi connectivity index (χ0n) is 9.74. The number of methoxy groups -OCH3 is 1. The van der Waals surface area contributed by atoms with Gasteiger partial charge in [-0.15, -0.1) is 0 Å². The first-order valence-electron chi connectivity index (χ1n) is 5.83. The molecule has 2 heteroatoms. The van der Waals surface area contributed by atoms with Crippen LogP contribution in [0.2, 0.25) is 0 Å². The van der Waals surface area contributed by atoms with Crippen molar-refractivity contribution in [3.63, 3.8) is 0 Å². The van der Waals surface area contributed by atoms with Gasteiger partial charge in [-0.2, -0.15) is 0 Å². The van der Waals surface area contributed by atoms with Gasteiger partial charge in [0.05, 0.1) is 6.61 Å². The lowest BCUT2D eigenvalue weighted by atomic mass is 9.95. The smallest absolute Gasteiger partial charge is 0.120 e. The molecule has 2 nitrogen and oxygen atoms in total. The molecule has 0 spiro atoms. The van der Waals surface area contributed by atoms with Crippen molar-refractivity contribution in [1.82, 2.24) is 0 Å². The number of carbonyl (C=O) groups is 1. The summed E-state index contributed by atoms with van der Waals surface area (Å²) >= 11 is 0. The number of hydrogen-bond acceptors (Lipinski definition) is 2. The molecule has 0 radical (unpaired) electrons. The van der Waals surface area contributed by atoms with Gasteiger partial charge in [0.25, 0.3) is 0 Å². The molecule has 1 aliphatic carbocycles. The molecule has 0 amide bonds. The molecule has 1 aromatic rings. The number of aldehydes is 1. The summed E-state index contributed by atoms with van der Waals surface area (Å²) in [5.74, 6) is 0. The number of carbonyl (C=O) groups excluding carboxylic acids is 1. The molecule has 1 aromatic carbocycles. The molecule has 86 valence electrons. The molecule has 0 atom stereocenters. The Morgan fingerprint density at radius 1 is 1.31 bits per heavy atom. The number of rotatable bonds is 6. The molecule has 2 rings (SSSR count). The molecule has 1 saturated carbocycles. The van der Waals surface area contributed by atoms with Crippen LogP contribution in [0.1, 0.15) is 30.4 Å². The van der Waals surface area contributed by atoms with Crippen LogP contribution in [0.25, 0.3) is 0 Å². The maximum Gasteiger partial charge on any atom is 0.120 e. The van der Waals surface area contributed by atoms with Crippen molar-refractivity contribution in [2.75, 3.05) is 13.7 Å². The van der Waals surface area contributed by atoms with Crippen LogP contribution in [0.15, 0.2) is 24.3 Å². The van der Waals surface area contributed by atoms with Gasteiger partial charge >= 0.3 is 0 Å². The van der Waals surface area contributed by atoms with Crippen molar-refractivity contribution in [2.24, 2.45) is 0 Å². The highest BCUT2D eigenvalue weighted by atomic mass is 16.5. The van der Waals surface area contributed by atoms with Crippen LogP contribution in [0.4, 0.5) is 0 Å². The maximum absolute atomic E-state index is 10.3. The Balaban J connectivity index is 2.04. The molecule has 0 aliphatic heterocycles. The largest absolute Gasteiger partial charge is 0.384 e. The van der Waals surface area contributed by atoms with E-state index in [1.807, 2.05) is 0 Å². The fourth-order valence-electron chi connectivity index (χ4n) is 2.19. The molecular weight excluding hydrogens is 200 g/mol. The van der Waals surface area contributed by atoms with Crippen LogP contribution in [-0.4, -0.2) is 20.0 Å². The van der Waals surface area contributed by atoms with Crippen LogP contribution < -0.4 is 0 Å². The van der Waals surface area contributed by atoms with Crippen molar-refractivity contribution in [3.8, 4) is 0 Å². The second kappa shape index (κ2) is 4.79. The van der Waals surface area contributed by atoms with Crippen LogP contribution in [0, 0.1) is 0 Å². The van der Waals surface area contributed by atoms with Gasteiger partial charge in [0.15, 0.2) is 0 Å². The van der Waals surface area contributed by atoms with Gasteiger partial charge in [-0.25, -0.2) is 0 Å². The van der Waals surface area contributed by atoms with Gasteiger partial charge in [-0.1, -0.05) is 24.3 Å². The SMILES string of the molecule is COCC1(c2ccc(CCC=O)cc2)CC1. The van der Waals surface area contributed by atoms with Crippen LogP contribution in [0.3, 0.4) is 0 Å². The van der Waals surface area contributed by atoms with E-state index in [-0.39, 0.29) is 5.41 Å². The Morgan fingerprint density at radius 3 is 2.50 bits per heavy atom. The van der Waals surface area contributed by atoms with E-state index in [0.717, 1.165) is 19.3 Å². The first-order valence-corrected chi connectivity index (χ1v) is 5.83. The molecule has 16 heavy (non-hydrogen) atoms. The summed E-state index contributed by atoms with van der Waals surface area (Å²) < 4.78 is 5.27. The molecule has 0 unspecified atom stereocenters. The standard InChI is InChI=1S/C14H18O2/c1-16-11-14(8-9-14)13-6-4-12(5-7-13)3-2-10-15/h4-7,10H,2-3,8-9,11H2,1H3. The highest BCUT2D eigenvalue weighted by Crippen LogP contribution is 2.48. The third kappa shape index (κ3) is 2.33. The molecule has 0 bridgehead atoms. The van der Waals surface area contributed by atoms with Gasteiger partial charge in [0.1, 0.15) is 6.29 Å². The highest BCUT2D eigenvalue weighted by Gasteiger charge is 2.44. The zero-order chi connectivity index (χ0) is 11.4. The first-order chi connectivity index (χ1) is 7.80. The van der Waals surface area contributed by atoms with Gasteiger partial charge in [-0.3, -0.25) is 0 Å². The summed E-state index contributed by atoms with van der Waals surface area (Å²) in [7, 11) is 1.76. The maximum atomic E-state index is 10.3. The quantitative estimate of drug-likeness (QED) is 0.686. The van der Waals surface area contributed by atoms with Gasteiger partial charge < -0.3 is 9.53 Å². The van der Waals surface area contributed by atoms with Crippen molar-refractivity contribution >= 4 is 6.29 Å². The van der Waals surface area contributed by atoms with Crippen molar-refractivity contribution < 1.29 is 9.53 Å². The minimum absolute atomic E-state index is 0.290. The summed E-state index contributed by atoms with van der Waals surface area (Å²) in [5.41, 5.74) is 2.91. The second-order valence-corrected chi connectivity index (χ2v) is 4.62. The average Bonchev–Trinajstić information content (AvgIpc) is 3.09. The number of benzene rings is 1. The van der Waals surface area contributed by atoms with E-state index < -0.39 is 0 Å². The van der Waals surface area contributed by atoms with E-state index in [4.69, 9.17) is 4.74 Å². The Hall–Kier alpha value is -1.15. The van der Waals surface area contributed by atoms with E-state index in [0.29, 0.717) is 6.42 Å². The van der Waals surface area contributed by atoms with E-state index in [2.05, 4.69) is 24.3 Å². The molecule has 1 fully saturated rings. The van der Waals surface area contributed by atoms with E-state index in [1.165, 1.54) is 24.0 Å². The monoisotopic (exact) mass is 218 g/mol. The fourth-order valence-corrected chi connectivity index (χ4v) is 2.19. The average molecular weight is 218 g/mol. The predicted octanol–water partition coefficient (Wildman–Crippen LogP) is 2.50. The second-order valence-electron chi connectivity index (χ2n) is 4.62.